The van der Waals surface area contributed by atoms with Crippen molar-refractivity contribution < 1.29 is 18.0 Å². The molecule has 0 bridgehead atoms. The molecule has 2 fully saturated rings. The second-order valence-electron chi connectivity index (χ2n) is 7.69. The summed E-state index contributed by atoms with van der Waals surface area (Å²) in [6.07, 6.45) is 6.66. The molecule has 7 nitrogen and oxygen atoms in total. The van der Waals surface area contributed by atoms with Crippen LogP contribution >= 0.6 is 0 Å². The smallest absolute Gasteiger partial charge is 0.243 e. The molecular weight excluding hydrogens is 378 g/mol. The Morgan fingerprint density at radius 3 is 2.43 bits per heavy atom. The van der Waals surface area contributed by atoms with Gasteiger partial charge in [0.15, 0.2) is 0 Å². The second kappa shape index (κ2) is 9.05. The molecule has 1 aromatic carbocycles. The van der Waals surface area contributed by atoms with Crippen LogP contribution in [0.2, 0.25) is 0 Å². The third-order valence-electron chi connectivity index (χ3n) is 5.55. The van der Waals surface area contributed by atoms with Crippen molar-refractivity contribution in [3.05, 3.63) is 23.8 Å². The highest BCUT2D eigenvalue weighted by Gasteiger charge is 2.28. The van der Waals surface area contributed by atoms with E-state index in [1.807, 2.05) is 0 Å². The number of aryl methyl sites for hydroxylation is 1. The summed E-state index contributed by atoms with van der Waals surface area (Å²) in [5, 5.41) is 5.37. The van der Waals surface area contributed by atoms with Gasteiger partial charge in [0.1, 0.15) is 0 Å². The highest BCUT2D eigenvalue weighted by Crippen LogP contribution is 2.26. The number of benzene rings is 1. The lowest BCUT2D eigenvalue weighted by molar-refractivity contribution is -0.127. The first-order valence-corrected chi connectivity index (χ1v) is 11.5. The van der Waals surface area contributed by atoms with Crippen LogP contribution < -0.4 is 10.6 Å². The zero-order valence-electron chi connectivity index (χ0n) is 16.4. The number of nitrogens with one attached hydrogen (secondary N) is 2. The first-order valence-electron chi connectivity index (χ1n) is 10.1. The summed E-state index contributed by atoms with van der Waals surface area (Å²) < 4.78 is 27.4. The van der Waals surface area contributed by atoms with Crippen LogP contribution in [0.1, 0.15) is 50.5 Å². The molecule has 2 aliphatic rings. The molecule has 154 valence electrons. The summed E-state index contributed by atoms with van der Waals surface area (Å²) in [7, 11) is -3.58. The number of hydrogen-bond acceptors (Lipinski definition) is 4. The number of sulfonamides is 1. The van der Waals surface area contributed by atoms with Crippen LogP contribution in [0, 0.1) is 12.8 Å². The molecular formula is C20H29N3O4S. The molecule has 1 heterocycles. The second-order valence-corrected chi connectivity index (χ2v) is 9.60. The topological polar surface area (TPSA) is 95.6 Å². The fraction of sp³-hybridized carbons (Fsp3) is 0.600. The molecule has 2 N–H and O–H groups in total. The van der Waals surface area contributed by atoms with E-state index in [-0.39, 0.29) is 29.2 Å². The van der Waals surface area contributed by atoms with Gasteiger partial charge in [-0.05, 0) is 50.3 Å². The van der Waals surface area contributed by atoms with Gasteiger partial charge in [0.25, 0.3) is 0 Å². The molecule has 8 heteroatoms. The van der Waals surface area contributed by atoms with Crippen molar-refractivity contribution in [2.45, 2.75) is 56.8 Å². The summed E-state index contributed by atoms with van der Waals surface area (Å²) in [5.41, 5.74) is 1.07. The summed E-state index contributed by atoms with van der Waals surface area (Å²) in [4.78, 5) is 24.4. The van der Waals surface area contributed by atoms with Crippen LogP contribution in [0.15, 0.2) is 23.1 Å². The summed E-state index contributed by atoms with van der Waals surface area (Å²) in [6, 6.07) is 4.89. The molecule has 28 heavy (non-hydrogen) atoms. The maximum Gasteiger partial charge on any atom is 0.243 e. The van der Waals surface area contributed by atoms with Gasteiger partial charge in [-0.3, -0.25) is 9.59 Å². The Morgan fingerprint density at radius 2 is 1.75 bits per heavy atom. The Balaban J connectivity index is 1.63. The maximum atomic E-state index is 13.0. The van der Waals surface area contributed by atoms with Crippen molar-refractivity contribution in [1.82, 2.24) is 9.62 Å². The van der Waals surface area contributed by atoms with Crippen LogP contribution in [0.25, 0.3) is 0 Å². The maximum absolute atomic E-state index is 13.0. The van der Waals surface area contributed by atoms with Crippen LogP contribution in [-0.2, 0) is 19.6 Å². The van der Waals surface area contributed by atoms with Crippen molar-refractivity contribution in [2.75, 3.05) is 25.0 Å². The predicted molar refractivity (Wildman–Crippen MR) is 107 cm³/mol. The number of anilines is 1. The lowest BCUT2D eigenvalue weighted by atomic mass is 10.1. The molecule has 0 aromatic heterocycles. The predicted octanol–water partition coefficient (Wildman–Crippen LogP) is 2.41. The van der Waals surface area contributed by atoms with E-state index in [9.17, 15) is 18.0 Å². The molecule has 1 aromatic rings. The molecule has 0 atom stereocenters. The highest BCUT2D eigenvalue weighted by molar-refractivity contribution is 7.89. The minimum absolute atomic E-state index is 0.00784. The number of nitrogens with zero attached hydrogens (tertiary/aromatic N) is 1. The SMILES string of the molecule is Cc1ccc(NC(=O)CNC(=O)C2CCCC2)cc1S(=O)(=O)N1CCCCC1. The van der Waals surface area contributed by atoms with Crippen molar-refractivity contribution in [1.29, 1.82) is 0 Å². The first kappa shape index (κ1) is 20.8. The lowest BCUT2D eigenvalue weighted by Crippen LogP contribution is -2.36. The average molecular weight is 408 g/mol. The Labute approximate surface area is 166 Å². The zero-order valence-corrected chi connectivity index (χ0v) is 17.2. The summed E-state index contributed by atoms with van der Waals surface area (Å²) in [6.45, 7) is 2.71. The number of carbonyl (C=O) groups is 2. The Bertz CT molecular complexity index is 826. The van der Waals surface area contributed by atoms with E-state index in [1.165, 1.54) is 10.4 Å². The number of carbonyl (C=O) groups excluding carboxylic acids is 2. The number of hydrogen-bond donors (Lipinski definition) is 2. The van der Waals surface area contributed by atoms with Crippen LogP contribution in [0.3, 0.4) is 0 Å². The van der Waals surface area contributed by atoms with Gasteiger partial charge in [0, 0.05) is 24.7 Å². The average Bonchev–Trinajstić information content (AvgIpc) is 3.23. The molecule has 1 aliphatic heterocycles. The quantitative estimate of drug-likeness (QED) is 0.757. The van der Waals surface area contributed by atoms with Gasteiger partial charge in [-0.15, -0.1) is 0 Å². The van der Waals surface area contributed by atoms with Crippen molar-refractivity contribution in [3.8, 4) is 0 Å². The van der Waals surface area contributed by atoms with Gasteiger partial charge >= 0.3 is 0 Å². The normalized spacial score (nSPS) is 18.8. The van der Waals surface area contributed by atoms with E-state index in [4.69, 9.17) is 0 Å². The van der Waals surface area contributed by atoms with Crippen LogP contribution in [-0.4, -0.2) is 44.2 Å². The molecule has 1 saturated carbocycles. The molecule has 0 spiro atoms. The van der Waals surface area contributed by atoms with Crippen molar-refractivity contribution in [2.24, 2.45) is 5.92 Å². The Kier molecular flexibility index (Phi) is 6.72. The molecule has 0 unspecified atom stereocenters. The molecule has 2 amide bonds. The molecule has 1 saturated heterocycles. The Hall–Kier alpha value is -1.93. The zero-order chi connectivity index (χ0) is 20.1. The molecule has 0 radical (unpaired) electrons. The van der Waals surface area contributed by atoms with E-state index >= 15 is 0 Å². The van der Waals surface area contributed by atoms with Gasteiger partial charge in [-0.1, -0.05) is 25.3 Å². The number of piperidine rings is 1. The van der Waals surface area contributed by atoms with E-state index in [0.717, 1.165) is 44.9 Å². The van der Waals surface area contributed by atoms with Crippen LogP contribution in [0.5, 0.6) is 0 Å². The van der Waals surface area contributed by atoms with E-state index in [2.05, 4.69) is 10.6 Å². The van der Waals surface area contributed by atoms with Gasteiger partial charge in [0.2, 0.25) is 21.8 Å². The van der Waals surface area contributed by atoms with E-state index in [1.54, 1.807) is 19.1 Å². The van der Waals surface area contributed by atoms with Crippen LogP contribution in [0.4, 0.5) is 5.69 Å². The van der Waals surface area contributed by atoms with E-state index < -0.39 is 10.0 Å². The Morgan fingerprint density at radius 1 is 1.07 bits per heavy atom. The molecule has 1 aliphatic carbocycles. The van der Waals surface area contributed by atoms with Gasteiger partial charge in [-0.25, -0.2) is 8.42 Å². The fourth-order valence-corrected chi connectivity index (χ4v) is 5.67. The third-order valence-corrected chi connectivity index (χ3v) is 7.59. The first-order chi connectivity index (χ1) is 13.4. The summed E-state index contributed by atoms with van der Waals surface area (Å²) in [5.74, 6) is -0.435. The van der Waals surface area contributed by atoms with E-state index in [0.29, 0.717) is 24.3 Å². The fourth-order valence-electron chi connectivity index (χ4n) is 3.91. The largest absolute Gasteiger partial charge is 0.347 e. The monoisotopic (exact) mass is 407 g/mol. The third kappa shape index (κ3) is 4.91. The lowest BCUT2D eigenvalue weighted by Gasteiger charge is -2.26. The van der Waals surface area contributed by atoms with Gasteiger partial charge in [-0.2, -0.15) is 4.31 Å². The molecule has 3 rings (SSSR count). The standard InChI is InChI=1S/C20H29N3O4S/c1-15-9-10-17(13-18(15)28(26,27)23-11-5-2-6-12-23)22-19(24)14-21-20(25)16-7-3-4-8-16/h9-10,13,16H,2-8,11-12,14H2,1H3,(H,21,25)(H,22,24). The minimum Gasteiger partial charge on any atom is -0.347 e. The number of rotatable bonds is 6. The van der Waals surface area contributed by atoms with Crippen molar-refractivity contribution >= 4 is 27.5 Å². The number of amides is 2. The highest BCUT2D eigenvalue weighted by atomic mass is 32.2. The van der Waals surface area contributed by atoms with Gasteiger partial charge in [0.05, 0.1) is 11.4 Å². The minimum atomic E-state index is -3.58. The van der Waals surface area contributed by atoms with Crippen molar-refractivity contribution in [3.63, 3.8) is 0 Å². The summed E-state index contributed by atoms with van der Waals surface area (Å²) >= 11 is 0. The van der Waals surface area contributed by atoms with Gasteiger partial charge < -0.3 is 10.6 Å².